The van der Waals surface area contributed by atoms with Gasteiger partial charge < -0.3 is 10.6 Å². The predicted molar refractivity (Wildman–Crippen MR) is 82.7 cm³/mol. The fraction of sp³-hybridized carbons (Fsp3) is 0.615. The molecule has 1 aromatic rings. The van der Waals surface area contributed by atoms with Crippen molar-refractivity contribution in [2.75, 3.05) is 20.1 Å². The van der Waals surface area contributed by atoms with Gasteiger partial charge in [-0.05, 0) is 32.0 Å². The maximum atomic E-state index is 12.6. The molecule has 1 atom stereocenters. The fourth-order valence-electron chi connectivity index (χ4n) is 2.33. The molecule has 1 unspecified atom stereocenters. The Labute approximate surface area is 129 Å². The first-order valence-electron chi connectivity index (χ1n) is 6.94. The van der Waals surface area contributed by atoms with Gasteiger partial charge in [-0.25, -0.2) is 8.42 Å². The van der Waals surface area contributed by atoms with E-state index in [-0.39, 0.29) is 11.9 Å². The highest BCUT2D eigenvalue weighted by atomic mass is 32.2. The smallest absolute Gasteiger partial charge is 0.252 e. The van der Waals surface area contributed by atoms with Crippen LogP contribution in [0, 0.1) is 0 Å². The van der Waals surface area contributed by atoms with Gasteiger partial charge >= 0.3 is 0 Å². The number of amides is 1. The second-order valence-corrected chi connectivity index (χ2v) is 8.45. The van der Waals surface area contributed by atoms with E-state index in [4.69, 9.17) is 0 Å². The maximum Gasteiger partial charge on any atom is 0.252 e. The van der Waals surface area contributed by atoms with Gasteiger partial charge in [0.05, 0.1) is 6.54 Å². The van der Waals surface area contributed by atoms with E-state index in [2.05, 4.69) is 10.6 Å². The van der Waals surface area contributed by atoms with E-state index >= 15 is 0 Å². The number of carbonyl (C=O) groups excluding carboxylic acids is 1. The summed E-state index contributed by atoms with van der Waals surface area (Å²) in [7, 11) is -1.57. The highest BCUT2D eigenvalue weighted by molar-refractivity contribution is 7.91. The van der Waals surface area contributed by atoms with Crippen LogP contribution >= 0.6 is 11.3 Å². The minimum Gasteiger partial charge on any atom is -0.351 e. The molecule has 1 amide bonds. The maximum absolute atomic E-state index is 12.6. The Kier molecular flexibility index (Phi) is 5.37. The first-order chi connectivity index (χ1) is 9.93. The second kappa shape index (κ2) is 6.87. The number of nitrogens with one attached hydrogen (secondary N) is 2. The molecule has 21 heavy (non-hydrogen) atoms. The number of thiophene rings is 1. The Bertz CT molecular complexity index is 598. The Hall–Kier alpha value is -0.960. The van der Waals surface area contributed by atoms with Gasteiger partial charge in [0.25, 0.3) is 10.0 Å². The lowest BCUT2D eigenvalue weighted by molar-refractivity contribution is -0.119. The number of sulfonamides is 1. The number of hydrogen-bond acceptors (Lipinski definition) is 5. The fourth-order valence-corrected chi connectivity index (χ4v) is 5.30. The van der Waals surface area contributed by atoms with Crippen LogP contribution in [0.2, 0.25) is 0 Å². The summed E-state index contributed by atoms with van der Waals surface area (Å²) in [5.74, 6) is -0.124. The molecule has 1 aromatic heterocycles. The monoisotopic (exact) mass is 331 g/mol. The SMILES string of the molecule is CNC1CCCN(S(=O)(=O)c2ccc(CNC(C)=O)s2)C1. The Balaban J connectivity index is 2.10. The number of likely N-dealkylation sites (N-methyl/N-ethyl adjacent to an activating group) is 1. The van der Waals surface area contributed by atoms with Crippen LogP contribution in [-0.4, -0.2) is 44.8 Å². The average Bonchev–Trinajstić information content (AvgIpc) is 2.95. The number of piperidine rings is 1. The molecule has 1 fully saturated rings. The third-order valence-corrected chi connectivity index (χ3v) is 6.95. The van der Waals surface area contributed by atoms with E-state index in [1.165, 1.54) is 18.3 Å². The van der Waals surface area contributed by atoms with Crippen LogP contribution in [0.25, 0.3) is 0 Å². The van der Waals surface area contributed by atoms with Crippen molar-refractivity contribution in [3.63, 3.8) is 0 Å². The average molecular weight is 331 g/mol. The van der Waals surface area contributed by atoms with E-state index in [1.54, 1.807) is 16.4 Å². The standard InChI is InChI=1S/C13H21N3O3S2/c1-10(17)15-8-12-5-6-13(20-12)21(18,19)16-7-3-4-11(9-16)14-2/h5-6,11,14H,3-4,7-9H2,1-2H3,(H,15,17). The molecule has 1 aliphatic heterocycles. The Morgan fingerprint density at radius 1 is 1.48 bits per heavy atom. The molecule has 0 aromatic carbocycles. The molecule has 1 saturated heterocycles. The van der Waals surface area contributed by atoms with Crippen LogP contribution in [0.15, 0.2) is 16.3 Å². The van der Waals surface area contributed by atoms with Gasteiger partial charge in [-0.3, -0.25) is 4.79 Å². The van der Waals surface area contributed by atoms with Gasteiger partial charge in [-0.15, -0.1) is 11.3 Å². The molecular formula is C13H21N3O3S2. The van der Waals surface area contributed by atoms with Crippen molar-refractivity contribution in [1.82, 2.24) is 14.9 Å². The largest absolute Gasteiger partial charge is 0.351 e. The highest BCUT2D eigenvalue weighted by Crippen LogP contribution is 2.27. The summed E-state index contributed by atoms with van der Waals surface area (Å²) < 4.78 is 27.1. The van der Waals surface area contributed by atoms with Gasteiger partial charge in [0.1, 0.15) is 4.21 Å². The van der Waals surface area contributed by atoms with Crippen molar-refractivity contribution in [1.29, 1.82) is 0 Å². The summed E-state index contributed by atoms with van der Waals surface area (Å²) in [5, 5.41) is 5.82. The minimum atomic E-state index is -3.42. The Morgan fingerprint density at radius 2 is 2.24 bits per heavy atom. The summed E-state index contributed by atoms with van der Waals surface area (Å²) in [6.07, 6.45) is 1.87. The molecule has 0 spiro atoms. The van der Waals surface area contributed by atoms with Crippen LogP contribution in [0.1, 0.15) is 24.6 Å². The summed E-state index contributed by atoms with van der Waals surface area (Å²) >= 11 is 1.22. The van der Waals surface area contributed by atoms with Gasteiger partial charge in [0.15, 0.2) is 0 Å². The molecule has 0 saturated carbocycles. The molecule has 0 radical (unpaired) electrons. The lowest BCUT2D eigenvalue weighted by Gasteiger charge is -2.31. The molecular weight excluding hydrogens is 310 g/mol. The van der Waals surface area contributed by atoms with Crippen molar-refractivity contribution in [3.05, 3.63) is 17.0 Å². The van der Waals surface area contributed by atoms with E-state index in [9.17, 15) is 13.2 Å². The van der Waals surface area contributed by atoms with Gasteiger partial charge in [-0.1, -0.05) is 0 Å². The number of rotatable bonds is 5. The summed E-state index contributed by atoms with van der Waals surface area (Å²) in [4.78, 5) is 11.7. The van der Waals surface area contributed by atoms with Crippen molar-refractivity contribution >= 4 is 27.3 Å². The van der Waals surface area contributed by atoms with Crippen LogP contribution in [0.5, 0.6) is 0 Å². The number of nitrogens with zero attached hydrogens (tertiary/aromatic N) is 1. The predicted octanol–water partition coefficient (Wildman–Crippen LogP) is 0.757. The minimum absolute atomic E-state index is 0.124. The zero-order valence-electron chi connectivity index (χ0n) is 12.3. The van der Waals surface area contributed by atoms with E-state index in [1.807, 2.05) is 7.05 Å². The van der Waals surface area contributed by atoms with Crippen LogP contribution < -0.4 is 10.6 Å². The quantitative estimate of drug-likeness (QED) is 0.835. The van der Waals surface area contributed by atoms with E-state index in [0.29, 0.717) is 23.8 Å². The van der Waals surface area contributed by atoms with Crippen LogP contribution in [0.3, 0.4) is 0 Å². The summed E-state index contributed by atoms with van der Waals surface area (Å²) in [6, 6.07) is 3.60. The molecule has 6 nitrogen and oxygen atoms in total. The van der Waals surface area contributed by atoms with E-state index in [0.717, 1.165) is 17.7 Å². The molecule has 2 N–H and O–H groups in total. The third-order valence-electron chi connectivity index (χ3n) is 3.54. The topological polar surface area (TPSA) is 78.5 Å². The molecule has 2 rings (SSSR count). The molecule has 0 aliphatic carbocycles. The zero-order chi connectivity index (χ0) is 15.5. The van der Waals surface area contributed by atoms with Crippen molar-refractivity contribution < 1.29 is 13.2 Å². The van der Waals surface area contributed by atoms with Gasteiger partial charge in [-0.2, -0.15) is 4.31 Å². The summed E-state index contributed by atoms with van der Waals surface area (Å²) in [6.45, 7) is 2.89. The Morgan fingerprint density at radius 3 is 2.90 bits per heavy atom. The summed E-state index contributed by atoms with van der Waals surface area (Å²) in [5.41, 5.74) is 0. The number of hydrogen-bond donors (Lipinski definition) is 2. The molecule has 2 heterocycles. The van der Waals surface area contributed by atoms with Crippen molar-refractivity contribution in [2.45, 2.75) is 36.6 Å². The first-order valence-corrected chi connectivity index (χ1v) is 9.19. The van der Waals surface area contributed by atoms with Crippen molar-refractivity contribution in [3.8, 4) is 0 Å². The molecule has 8 heteroatoms. The van der Waals surface area contributed by atoms with Crippen molar-refractivity contribution in [2.24, 2.45) is 0 Å². The van der Waals surface area contributed by atoms with Gasteiger partial charge in [0.2, 0.25) is 5.91 Å². The zero-order valence-corrected chi connectivity index (χ0v) is 13.9. The molecule has 118 valence electrons. The first kappa shape index (κ1) is 16.4. The van der Waals surface area contributed by atoms with E-state index < -0.39 is 10.0 Å². The van der Waals surface area contributed by atoms with Crippen LogP contribution in [-0.2, 0) is 21.4 Å². The highest BCUT2D eigenvalue weighted by Gasteiger charge is 2.30. The number of carbonyl (C=O) groups is 1. The lowest BCUT2D eigenvalue weighted by Crippen LogP contribution is -2.46. The lowest BCUT2D eigenvalue weighted by atomic mass is 10.1. The normalized spacial score (nSPS) is 20.4. The van der Waals surface area contributed by atoms with Gasteiger partial charge in [0, 0.05) is 30.9 Å². The van der Waals surface area contributed by atoms with Crippen LogP contribution in [0.4, 0.5) is 0 Å². The molecule has 1 aliphatic rings. The third kappa shape index (κ3) is 4.03. The molecule has 0 bridgehead atoms. The second-order valence-electron chi connectivity index (χ2n) is 5.12.